The first-order chi connectivity index (χ1) is 9.60. The molecule has 0 bridgehead atoms. The number of anilines is 2. The van der Waals surface area contributed by atoms with Crippen molar-refractivity contribution in [2.75, 3.05) is 11.1 Å². The topological polar surface area (TPSA) is 81.2 Å². The lowest BCUT2D eigenvalue weighted by Gasteiger charge is -2.29. The van der Waals surface area contributed by atoms with Crippen LogP contribution in [0.3, 0.4) is 0 Å². The van der Waals surface area contributed by atoms with Crippen molar-refractivity contribution in [1.29, 1.82) is 0 Å². The molecule has 0 heterocycles. The van der Waals surface area contributed by atoms with E-state index < -0.39 is 4.92 Å². The van der Waals surface area contributed by atoms with E-state index in [0.29, 0.717) is 6.04 Å². The Morgan fingerprint density at radius 3 is 2.60 bits per heavy atom. The maximum Gasteiger partial charge on any atom is 0.292 e. The van der Waals surface area contributed by atoms with Crippen LogP contribution in [0.1, 0.15) is 45.4 Å². The number of rotatable bonds is 5. The van der Waals surface area contributed by atoms with Gasteiger partial charge in [0.2, 0.25) is 0 Å². The van der Waals surface area contributed by atoms with Gasteiger partial charge in [0.25, 0.3) is 5.69 Å². The Bertz CT molecular complexity index is 468. The van der Waals surface area contributed by atoms with Crippen molar-refractivity contribution in [3.63, 3.8) is 0 Å². The maximum atomic E-state index is 10.7. The number of nitrogens with zero attached hydrogens (tertiary/aromatic N) is 1. The summed E-state index contributed by atoms with van der Waals surface area (Å²) in [6.07, 6.45) is 7.48. The van der Waals surface area contributed by atoms with E-state index in [9.17, 15) is 10.1 Å². The fourth-order valence-electron chi connectivity index (χ4n) is 3.05. The molecule has 0 saturated heterocycles. The molecule has 0 unspecified atom stereocenters. The van der Waals surface area contributed by atoms with Crippen LogP contribution in [0.2, 0.25) is 0 Å². The molecule has 1 aliphatic rings. The molecule has 0 amide bonds. The summed E-state index contributed by atoms with van der Waals surface area (Å²) >= 11 is 0. The molecule has 0 radical (unpaired) electrons. The van der Waals surface area contributed by atoms with Crippen molar-refractivity contribution in [3.05, 3.63) is 28.3 Å². The van der Waals surface area contributed by atoms with Crippen LogP contribution in [0, 0.1) is 16.0 Å². The zero-order valence-corrected chi connectivity index (χ0v) is 12.0. The van der Waals surface area contributed by atoms with Gasteiger partial charge in [0, 0.05) is 17.8 Å². The Morgan fingerprint density at radius 2 is 2.05 bits per heavy atom. The standard InChI is InChI=1S/C15H23N3O2/c1-2-3-11-4-6-12(7-5-11)17-13-8-9-15(18(19)20)14(16)10-13/h8-12,17H,2-7,16H2,1H3. The minimum absolute atomic E-state index is 0.0257. The average molecular weight is 277 g/mol. The first-order valence-electron chi connectivity index (χ1n) is 7.40. The molecule has 5 heteroatoms. The van der Waals surface area contributed by atoms with Gasteiger partial charge in [-0.3, -0.25) is 10.1 Å². The van der Waals surface area contributed by atoms with Gasteiger partial charge in [-0.2, -0.15) is 0 Å². The normalized spacial score (nSPS) is 22.4. The third kappa shape index (κ3) is 3.62. The van der Waals surface area contributed by atoms with E-state index in [4.69, 9.17) is 5.73 Å². The van der Waals surface area contributed by atoms with Gasteiger partial charge in [0.05, 0.1) is 4.92 Å². The number of hydrogen-bond acceptors (Lipinski definition) is 4. The van der Waals surface area contributed by atoms with Gasteiger partial charge in [-0.1, -0.05) is 19.8 Å². The second-order valence-corrected chi connectivity index (χ2v) is 5.68. The lowest BCUT2D eigenvalue weighted by Crippen LogP contribution is -2.26. The molecule has 2 rings (SSSR count). The Morgan fingerprint density at radius 1 is 1.35 bits per heavy atom. The molecular formula is C15H23N3O2. The second kappa shape index (κ2) is 6.59. The highest BCUT2D eigenvalue weighted by Crippen LogP contribution is 2.31. The van der Waals surface area contributed by atoms with E-state index in [1.165, 1.54) is 44.6 Å². The Labute approximate surface area is 119 Å². The van der Waals surface area contributed by atoms with E-state index in [1.807, 2.05) is 0 Å². The van der Waals surface area contributed by atoms with Gasteiger partial charge < -0.3 is 11.1 Å². The van der Waals surface area contributed by atoms with Crippen LogP contribution in [-0.2, 0) is 0 Å². The van der Waals surface area contributed by atoms with Gasteiger partial charge >= 0.3 is 0 Å². The van der Waals surface area contributed by atoms with Crippen LogP contribution >= 0.6 is 0 Å². The van der Waals surface area contributed by atoms with Gasteiger partial charge in [0.1, 0.15) is 5.69 Å². The van der Waals surface area contributed by atoms with Crippen molar-refractivity contribution < 1.29 is 4.92 Å². The number of benzene rings is 1. The molecule has 3 N–H and O–H groups in total. The van der Waals surface area contributed by atoms with E-state index in [1.54, 1.807) is 12.1 Å². The number of nitro benzene ring substituents is 1. The zero-order chi connectivity index (χ0) is 14.5. The SMILES string of the molecule is CCCC1CCC(Nc2ccc([N+](=O)[O-])c(N)c2)CC1. The van der Waals surface area contributed by atoms with Gasteiger partial charge in [0.15, 0.2) is 0 Å². The van der Waals surface area contributed by atoms with Crippen molar-refractivity contribution in [2.45, 2.75) is 51.5 Å². The first-order valence-corrected chi connectivity index (χ1v) is 7.40. The summed E-state index contributed by atoms with van der Waals surface area (Å²) in [4.78, 5) is 10.3. The summed E-state index contributed by atoms with van der Waals surface area (Å²) < 4.78 is 0. The predicted octanol–water partition coefficient (Wildman–Crippen LogP) is 3.95. The van der Waals surface area contributed by atoms with Crippen LogP contribution in [0.4, 0.5) is 17.1 Å². The number of nitro groups is 1. The molecule has 0 aromatic heterocycles. The zero-order valence-electron chi connectivity index (χ0n) is 12.0. The van der Waals surface area contributed by atoms with E-state index in [2.05, 4.69) is 12.2 Å². The maximum absolute atomic E-state index is 10.7. The summed E-state index contributed by atoms with van der Waals surface area (Å²) in [6, 6.07) is 5.34. The number of nitrogen functional groups attached to an aromatic ring is 1. The summed E-state index contributed by atoms with van der Waals surface area (Å²) in [5.41, 5.74) is 6.79. The molecule has 1 saturated carbocycles. The number of nitrogens with one attached hydrogen (secondary N) is 1. The van der Waals surface area contributed by atoms with E-state index in [0.717, 1.165) is 11.6 Å². The van der Waals surface area contributed by atoms with E-state index >= 15 is 0 Å². The molecule has 1 aromatic rings. The molecule has 0 atom stereocenters. The van der Waals surface area contributed by atoms with Crippen molar-refractivity contribution in [3.8, 4) is 0 Å². The lowest BCUT2D eigenvalue weighted by molar-refractivity contribution is -0.383. The molecule has 1 aliphatic carbocycles. The molecule has 0 aliphatic heterocycles. The molecule has 20 heavy (non-hydrogen) atoms. The Balaban J connectivity index is 1.91. The van der Waals surface area contributed by atoms with Gasteiger partial charge in [-0.15, -0.1) is 0 Å². The Kier molecular flexibility index (Phi) is 4.82. The van der Waals surface area contributed by atoms with Crippen LogP contribution < -0.4 is 11.1 Å². The highest BCUT2D eigenvalue weighted by atomic mass is 16.6. The molecule has 5 nitrogen and oxygen atoms in total. The first kappa shape index (κ1) is 14.6. The highest BCUT2D eigenvalue weighted by molar-refractivity contribution is 5.66. The summed E-state index contributed by atoms with van der Waals surface area (Å²) in [5, 5.41) is 14.2. The minimum Gasteiger partial charge on any atom is -0.393 e. The largest absolute Gasteiger partial charge is 0.393 e. The lowest BCUT2D eigenvalue weighted by atomic mass is 9.83. The third-order valence-corrected chi connectivity index (χ3v) is 4.14. The van der Waals surface area contributed by atoms with Crippen molar-refractivity contribution in [1.82, 2.24) is 0 Å². The third-order valence-electron chi connectivity index (χ3n) is 4.14. The minimum atomic E-state index is -0.449. The fourth-order valence-corrected chi connectivity index (χ4v) is 3.05. The monoisotopic (exact) mass is 277 g/mol. The molecule has 1 fully saturated rings. The summed E-state index contributed by atoms with van der Waals surface area (Å²) in [6.45, 7) is 2.24. The second-order valence-electron chi connectivity index (χ2n) is 5.68. The average Bonchev–Trinajstić information content (AvgIpc) is 2.41. The van der Waals surface area contributed by atoms with E-state index in [-0.39, 0.29) is 11.4 Å². The van der Waals surface area contributed by atoms with Gasteiger partial charge in [-0.25, -0.2) is 0 Å². The number of nitrogens with two attached hydrogens (primary N) is 1. The van der Waals surface area contributed by atoms with Crippen LogP contribution in [0.15, 0.2) is 18.2 Å². The Hall–Kier alpha value is -1.78. The van der Waals surface area contributed by atoms with Crippen LogP contribution in [0.25, 0.3) is 0 Å². The molecule has 110 valence electrons. The summed E-state index contributed by atoms with van der Waals surface area (Å²) in [7, 11) is 0. The quantitative estimate of drug-likeness (QED) is 0.485. The number of hydrogen-bond donors (Lipinski definition) is 2. The molecule has 1 aromatic carbocycles. The fraction of sp³-hybridized carbons (Fsp3) is 0.600. The van der Waals surface area contributed by atoms with Crippen molar-refractivity contribution in [2.24, 2.45) is 5.92 Å². The smallest absolute Gasteiger partial charge is 0.292 e. The van der Waals surface area contributed by atoms with Crippen LogP contribution in [-0.4, -0.2) is 11.0 Å². The molecular weight excluding hydrogens is 254 g/mol. The van der Waals surface area contributed by atoms with Crippen LogP contribution in [0.5, 0.6) is 0 Å². The highest BCUT2D eigenvalue weighted by Gasteiger charge is 2.21. The predicted molar refractivity (Wildman–Crippen MR) is 81.8 cm³/mol. The van der Waals surface area contributed by atoms with Gasteiger partial charge in [-0.05, 0) is 43.7 Å². The van der Waals surface area contributed by atoms with Crippen molar-refractivity contribution >= 4 is 17.1 Å². The summed E-state index contributed by atoms with van der Waals surface area (Å²) in [5.74, 6) is 0.875. The molecule has 0 spiro atoms.